The minimum absolute atomic E-state index is 0.234. The van der Waals surface area contributed by atoms with E-state index in [9.17, 15) is 0 Å². The van der Waals surface area contributed by atoms with Crippen molar-refractivity contribution in [3.63, 3.8) is 0 Å². The number of rotatable bonds is 5. The van der Waals surface area contributed by atoms with E-state index in [0.29, 0.717) is 0 Å². The summed E-state index contributed by atoms with van der Waals surface area (Å²) in [4.78, 5) is 0. The van der Waals surface area contributed by atoms with Crippen molar-refractivity contribution in [3.8, 4) is 11.1 Å². The van der Waals surface area contributed by atoms with E-state index in [0.717, 1.165) is 12.8 Å². The SMILES string of the molecule is CCc1ccc2c(c1)C=c1c-2cc(=C(c2ccccc2)c2ccccc2)c(CC)c1C1C=Cc2ccc(C)c(C)c21. The lowest BCUT2D eigenvalue weighted by atomic mass is 9.81. The maximum absolute atomic E-state index is 2.50. The molecular weight excluding hydrogens is 492 g/mol. The predicted octanol–water partition coefficient (Wildman–Crippen LogP) is 8.64. The van der Waals surface area contributed by atoms with Crippen molar-refractivity contribution in [1.82, 2.24) is 0 Å². The van der Waals surface area contributed by atoms with Gasteiger partial charge in [0.1, 0.15) is 0 Å². The fourth-order valence-electron chi connectivity index (χ4n) is 7.09. The Labute approximate surface area is 244 Å². The van der Waals surface area contributed by atoms with E-state index in [1.807, 2.05) is 0 Å². The van der Waals surface area contributed by atoms with Crippen LogP contribution in [0, 0.1) is 13.8 Å². The highest BCUT2D eigenvalue weighted by Crippen LogP contribution is 2.40. The predicted molar refractivity (Wildman–Crippen MR) is 175 cm³/mol. The van der Waals surface area contributed by atoms with Crippen LogP contribution in [0.1, 0.15) is 75.4 Å². The van der Waals surface area contributed by atoms with Crippen molar-refractivity contribution < 1.29 is 0 Å². The average Bonchev–Trinajstić information content (AvgIpc) is 3.61. The molecule has 0 heterocycles. The normalized spacial score (nSPS) is 14.4. The second-order valence-electron chi connectivity index (χ2n) is 11.5. The molecule has 200 valence electrons. The van der Waals surface area contributed by atoms with Gasteiger partial charge >= 0.3 is 0 Å². The summed E-state index contributed by atoms with van der Waals surface area (Å²) in [6, 6.07) is 36.1. The van der Waals surface area contributed by atoms with Crippen LogP contribution in [0.25, 0.3) is 28.9 Å². The molecule has 0 nitrogen and oxygen atoms in total. The quantitative estimate of drug-likeness (QED) is 0.210. The molecule has 0 bridgehead atoms. The van der Waals surface area contributed by atoms with Crippen molar-refractivity contribution in [2.24, 2.45) is 0 Å². The van der Waals surface area contributed by atoms with Gasteiger partial charge in [-0.25, -0.2) is 0 Å². The highest BCUT2D eigenvalue weighted by molar-refractivity contribution is 5.88. The Balaban J connectivity index is 1.66. The molecule has 0 saturated carbocycles. The van der Waals surface area contributed by atoms with Crippen LogP contribution in [0.5, 0.6) is 0 Å². The number of hydrogen-bond donors (Lipinski definition) is 0. The Bertz CT molecular complexity index is 1910. The van der Waals surface area contributed by atoms with Crippen LogP contribution in [-0.2, 0) is 12.8 Å². The number of allylic oxidation sites excluding steroid dienone is 1. The lowest BCUT2D eigenvalue weighted by Crippen LogP contribution is -2.27. The molecular formula is C41H36. The molecule has 1 atom stereocenters. The first-order valence-electron chi connectivity index (χ1n) is 15.0. The summed E-state index contributed by atoms with van der Waals surface area (Å²) in [6.45, 7) is 9.13. The molecule has 0 aromatic heterocycles. The van der Waals surface area contributed by atoms with E-state index < -0.39 is 0 Å². The lowest BCUT2D eigenvalue weighted by molar-refractivity contribution is 0.955. The van der Waals surface area contributed by atoms with Gasteiger partial charge in [0.2, 0.25) is 0 Å². The average molecular weight is 529 g/mol. The third-order valence-electron chi connectivity index (χ3n) is 9.29. The molecule has 2 aliphatic carbocycles. The number of fused-ring (bicyclic) bond motifs is 4. The van der Waals surface area contributed by atoms with Crippen molar-refractivity contribution in [1.29, 1.82) is 0 Å². The second-order valence-corrected chi connectivity index (χ2v) is 11.5. The van der Waals surface area contributed by atoms with Gasteiger partial charge < -0.3 is 0 Å². The fraction of sp³-hybridized carbons (Fsp3) is 0.171. The zero-order valence-corrected chi connectivity index (χ0v) is 24.5. The van der Waals surface area contributed by atoms with Gasteiger partial charge in [0.15, 0.2) is 0 Å². The Hall–Kier alpha value is -4.42. The van der Waals surface area contributed by atoms with E-state index in [-0.39, 0.29) is 5.92 Å². The highest BCUT2D eigenvalue weighted by atomic mass is 14.3. The van der Waals surface area contributed by atoms with Gasteiger partial charge in [-0.3, -0.25) is 0 Å². The Kier molecular flexibility index (Phi) is 6.36. The molecule has 0 spiro atoms. The minimum atomic E-state index is 0.234. The maximum Gasteiger partial charge on any atom is 0.0290 e. The molecule has 0 amide bonds. The topological polar surface area (TPSA) is 0 Å². The first-order chi connectivity index (χ1) is 20.1. The Morgan fingerprint density at radius 3 is 2.02 bits per heavy atom. The molecule has 0 aliphatic heterocycles. The van der Waals surface area contributed by atoms with Gasteiger partial charge in [-0.1, -0.05) is 117 Å². The van der Waals surface area contributed by atoms with Crippen LogP contribution in [0.2, 0.25) is 0 Å². The number of benzene rings is 5. The van der Waals surface area contributed by atoms with Gasteiger partial charge in [0, 0.05) is 5.92 Å². The van der Waals surface area contributed by atoms with Crippen molar-refractivity contribution >= 4 is 17.7 Å². The summed E-state index contributed by atoms with van der Waals surface area (Å²) in [5, 5.41) is 2.75. The van der Waals surface area contributed by atoms with Gasteiger partial charge in [-0.05, 0) is 122 Å². The van der Waals surface area contributed by atoms with Gasteiger partial charge in [-0.2, -0.15) is 0 Å². The van der Waals surface area contributed by atoms with Gasteiger partial charge in [0.05, 0.1) is 0 Å². The van der Waals surface area contributed by atoms with E-state index in [1.54, 1.807) is 0 Å². The van der Waals surface area contributed by atoms with Crippen LogP contribution >= 0.6 is 0 Å². The monoisotopic (exact) mass is 528 g/mol. The molecule has 41 heavy (non-hydrogen) atoms. The molecule has 2 aliphatic rings. The summed E-state index contributed by atoms with van der Waals surface area (Å²) in [5.74, 6) is 0.234. The van der Waals surface area contributed by atoms with E-state index in [4.69, 9.17) is 0 Å². The van der Waals surface area contributed by atoms with E-state index in [1.165, 1.54) is 82.8 Å². The van der Waals surface area contributed by atoms with Crippen LogP contribution in [0.3, 0.4) is 0 Å². The molecule has 5 aromatic rings. The van der Waals surface area contributed by atoms with Crippen molar-refractivity contribution in [3.05, 3.63) is 169 Å². The largest absolute Gasteiger partial charge is 0.0720 e. The number of hydrogen-bond acceptors (Lipinski definition) is 0. The molecule has 0 saturated heterocycles. The molecule has 0 fully saturated rings. The molecule has 1 unspecified atom stereocenters. The molecule has 0 radical (unpaired) electrons. The summed E-state index contributed by atoms with van der Waals surface area (Å²) in [5.41, 5.74) is 17.8. The first-order valence-corrected chi connectivity index (χ1v) is 15.0. The third kappa shape index (κ3) is 4.13. The van der Waals surface area contributed by atoms with Crippen LogP contribution in [0.4, 0.5) is 0 Å². The smallest absolute Gasteiger partial charge is 0.0290 e. The Morgan fingerprint density at radius 2 is 1.37 bits per heavy atom. The molecule has 5 aromatic carbocycles. The second kappa shape index (κ2) is 10.2. The Morgan fingerprint density at radius 1 is 0.659 bits per heavy atom. The van der Waals surface area contributed by atoms with Gasteiger partial charge in [-0.15, -0.1) is 0 Å². The highest BCUT2D eigenvalue weighted by Gasteiger charge is 2.29. The van der Waals surface area contributed by atoms with Crippen LogP contribution < -0.4 is 10.4 Å². The molecule has 7 rings (SSSR count). The molecule has 0 heteroatoms. The third-order valence-corrected chi connectivity index (χ3v) is 9.29. The maximum atomic E-state index is 2.50. The van der Waals surface area contributed by atoms with E-state index in [2.05, 4.69) is 143 Å². The molecule has 0 N–H and O–H groups in total. The number of aryl methyl sites for hydroxylation is 2. The summed E-state index contributed by atoms with van der Waals surface area (Å²) < 4.78 is 0. The van der Waals surface area contributed by atoms with Crippen LogP contribution in [0.15, 0.2) is 103 Å². The minimum Gasteiger partial charge on any atom is -0.0720 e. The van der Waals surface area contributed by atoms with E-state index >= 15 is 0 Å². The lowest BCUT2D eigenvalue weighted by Gasteiger charge is -2.22. The van der Waals surface area contributed by atoms with Crippen molar-refractivity contribution in [2.45, 2.75) is 46.5 Å². The first kappa shape index (κ1) is 25.5. The van der Waals surface area contributed by atoms with Crippen LogP contribution in [-0.4, -0.2) is 0 Å². The fourth-order valence-corrected chi connectivity index (χ4v) is 7.09. The van der Waals surface area contributed by atoms with Gasteiger partial charge in [0.25, 0.3) is 0 Å². The summed E-state index contributed by atoms with van der Waals surface area (Å²) in [6.07, 6.45) is 9.29. The zero-order valence-electron chi connectivity index (χ0n) is 24.5. The summed E-state index contributed by atoms with van der Waals surface area (Å²) >= 11 is 0. The standard InChI is InChI=1S/C41H36/c1-5-28-18-21-34-32(23-28)24-37-36(34)25-38(40(29-13-9-7-10-14-29)30-15-11-8-12-16-30)33(6-2)41(37)35-22-20-31-19-17-26(3)27(4)39(31)35/h7-25,35H,5-6H2,1-4H3. The van der Waals surface area contributed by atoms with Crippen molar-refractivity contribution in [2.75, 3.05) is 0 Å². The summed E-state index contributed by atoms with van der Waals surface area (Å²) in [7, 11) is 0. The zero-order chi connectivity index (χ0) is 28.1.